The maximum Gasteiger partial charge on any atom is 0.102 e. The summed E-state index contributed by atoms with van der Waals surface area (Å²) in [5.41, 5.74) is 10.7. The molecule has 24 heavy (non-hydrogen) atoms. The van der Waals surface area contributed by atoms with E-state index in [1.807, 2.05) is 6.07 Å². The van der Waals surface area contributed by atoms with Gasteiger partial charge in [-0.25, -0.2) is 0 Å². The largest absolute Gasteiger partial charge is 0.397 e. The fraction of sp³-hybridized carbons (Fsp3) is 0.263. The Morgan fingerprint density at radius 2 is 1.58 bits per heavy atom. The molecule has 0 fully saturated rings. The molecule has 0 aromatic heterocycles. The van der Waals surface area contributed by atoms with Crippen molar-refractivity contribution in [2.24, 2.45) is 0 Å². The fourth-order valence-corrected chi connectivity index (χ4v) is 3.94. The van der Waals surface area contributed by atoms with E-state index in [0.29, 0.717) is 21.2 Å². The number of fused-ring (bicyclic) bond motifs is 1. The summed E-state index contributed by atoms with van der Waals surface area (Å²) in [4.78, 5) is 0. The topological polar surface area (TPSA) is 73.6 Å². The molecular formula is C19H15Cl2N3. The Morgan fingerprint density at radius 1 is 0.917 bits per heavy atom. The highest BCUT2D eigenvalue weighted by atomic mass is 35.5. The number of nitrogen functional groups attached to an aromatic ring is 1. The van der Waals surface area contributed by atoms with E-state index in [2.05, 4.69) is 12.1 Å². The van der Waals surface area contributed by atoms with Crippen molar-refractivity contribution in [2.75, 3.05) is 5.73 Å². The molecule has 3 rings (SSSR count). The van der Waals surface area contributed by atoms with Crippen molar-refractivity contribution in [3.63, 3.8) is 0 Å². The average molecular weight is 356 g/mol. The van der Waals surface area contributed by atoms with Gasteiger partial charge in [0, 0.05) is 21.2 Å². The molecule has 0 saturated carbocycles. The molecule has 0 atom stereocenters. The third-order valence-corrected chi connectivity index (χ3v) is 5.08. The van der Waals surface area contributed by atoms with Crippen molar-refractivity contribution >= 4 is 28.9 Å². The Labute approximate surface area is 151 Å². The lowest BCUT2D eigenvalue weighted by Crippen LogP contribution is -2.07. The van der Waals surface area contributed by atoms with Gasteiger partial charge >= 0.3 is 0 Å². The summed E-state index contributed by atoms with van der Waals surface area (Å²) in [6.45, 7) is 0. The van der Waals surface area contributed by atoms with Crippen LogP contribution in [0, 0.1) is 22.7 Å². The zero-order valence-electron chi connectivity index (χ0n) is 13.0. The quantitative estimate of drug-likeness (QED) is 0.560. The van der Waals surface area contributed by atoms with E-state index in [9.17, 15) is 10.5 Å². The molecule has 0 amide bonds. The van der Waals surface area contributed by atoms with Gasteiger partial charge in [-0.2, -0.15) is 10.5 Å². The van der Waals surface area contributed by atoms with Crippen LogP contribution in [-0.4, -0.2) is 0 Å². The van der Waals surface area contributed by atoms with Crippen LogP contribution in [0.1, 0.15) is 41.5 Å². The van der Waals surface area contributed by atoms with Crippen LogP contribution in [0.5, 0.6) is 0 Å². The number of nitriles is 2. The zero-order valence-corrected chi connectivity index (χ0v) is 14.5. The van der Waals surface area contributed by atoms with Crippen LogP contribution in [-0.2, 0) is 12.8 Å². The predicted octanol–water partition coefficient (Wildman–Crippen LogP) is 5.25. The zero-order chi connectivity index (χ0) is 17.3. The van der Waals surface area contributed by atoms with E-state index in [0.717, 1.165) is 54.4 Å². The number of anilines is 1. The smallest absolute Gasteiger partial charge is 0.102 e. The highest BCUT2D eigenvalue weighted by Gasteiger charge is 2.25. The first kappa shape index (κ1) is 16.7. The summed E-state index contributed by atoms with van der Waals surface area (Å²) in [6.07, 6.45) is 4.74. The number of halogens is 2. The van der Waals surface area contributed by atoms with Gasteiger partial charge in [0.2, 0.25) is 0 Å². The highest BCUT2D eigenvalue weighted by Crippen LogP contribution is 2.42. The lowest BCUT2D eigenvalue weighted by atomic mass is 9.84. The van der Waals surface area contributed by atoms with Gasteiger partial charge in [0.1, 0.15) is 12.1 Å². The van der Waals surface area contributed by atoms with Crippen molar-refractivity contribution < 1.29 is 0 Å². The lowest BCUT2D eigenvalue weighted by molar-refractivity contribution is 0.711. The van der Waals surface area contributed by atoms with Crippen LogP contribution in [0.15, 0.2) is 18.2 Å². The van der Waals surface area contributed by atoms with E-state index < -0.39 is 0 Å². The molecule has 0 spiro atoms. The minimum atomic E-state index is 0.252. The first-order valence-corrected chi connectivity index (χ1v) is 8.56. The van der Waals surface area contributed by atoms with Gasteiger partial charge in [-0.1, -0.05) is 35.7 Å². The Bertz CT molecular complexity index is 905. The van der Waals surface area contributed by atoms with Crippen LogP contribution in [0.2, 0.25) is 10.0 Å². The van der Waals surface area contributed by atoms with Crippen LogP contribution in [0.3, 0.4) is 0 Å². The van der Waals surface area contributed by atoms with E-state index >= 15 is 0 Å². The van der Waals surface area contributed by atoms with Gasteiger partial charge in [0.15, 0.2) is 0 Å². The van der Waals surface area contributed by atoms with Crippen LogP contribution < -0.4 is 5.73 Å². The second-order valence-electron chi connectivity index (χ2n) is 5.90. The predicted molar refractivity (Wildman–Crippen MR) is 97.0 cm³/mol. The minimum Gasteiger partial charge on any atom is -0.397 e. The number of nitrogens with zero attached hydrogens (tertiary/aromatic N) is 2. The normalized spacial score (nSPS) is 13.5. The molecule has 0 heterocycles. The maximum absolute atomic E-state index is 9.69. The molecule has 0 saturated heterocycles. The number of hydrogen-bond donors (Lipinski definition) is 1. The molecule has 1 aliphatic carbocycles. The summed E-state index contributed by atoms with van der Waals surface area (Å²) >= 11 is 12.4. The van der Waals surface area contributed by atoms with Gasteiger partial charge < -0.3 is 5.73 Å². The maximum atomic E-state index is 9.69. The Hall–Kier alpha value is -2.20. The van der Waals surface area contributed by atoms with E-state index in [1.165, 1.54) is 0 Å². The third-order valence-electron chi connectivity index (χ3n) is 4.53. The fourth-order valence-electron chi connectivity index (χ4n) is 3.44. The molecule has 2 N–H and O–H groups in total. The average Bonchev–Trinajstić information content (AvgIpc) is 2.80. The summed E-state index contributed by atoms with van der Waals surface area (Å²) in [6, 6.07) is 9.61. The summed E-state index contributed by atoms with van der Waals surface area (Å²) in [7, 11) is 0. The monoisotopic (exact) mass is 355 g/mol. The summed E-state index contributed by atoms with van der Waals surface area (Å²) in [5, 5.41) is 20.3. The third kappa shape index (κ3) is 2.71. The van der Waals surface area contributed by atoms with Gasteiger partial charge in [0.05, 0.1) is 16.8 Å². The van der Waals surface area contributed by atoms with Gasteiger partial charge in [-0.15, -0.1) is 0 Å². The van der Waals surface area contributed by atoms with Crippen molar-refractivity contribution in [3.05, 3.63) is 50.5 Å². The standard InChI is InChI=1S/C19H15Cl2N3/c20-11-6-7-14(17(21)8-11)18-13-5-3-1-2-4-12(13)15(9-22)19(24)16(18)10-23/h6-8H,1-5,24H2. The summed E-state index contributed by atoms with van der Waals surface area (Å²) in [5.74, 6) is 0. The molecule has 5 heteroatoms. The molecule has 0 unspecified atom stereocenters. The molecular weight excluding hydrogens is 341 g/mol. The number of hydrogen-bond acceptors (Lipinski definition) is 3. The second-order valence-corrected chi connectivity index (χ2v) is 6.75. The van der Waals surface area contributed by atoms with Gasteiger partial charge in [-0.05, 0) is 48.9 Å². The van der Waals surface area contributed by atoms with Gasteiger partial charge in [0.25, 0.3) is 0 Å². The number of benzene rings is 2. The molecule has 2 aromatic carbocycles. The molecule has 0 aliphatic heterocycles. The van der Waals surface area contributed by atoms with Crippen molar-refractivity contribution in [1.82, 2.24) is 0 Å². The Balaban J connectivity index is 2.43. The first-order valence-electron chi connectivity index (χ1n) is 7.81. The van der Waals surface area contributed by atoms with Crippen molar-refractivity contribution in [3.8, 4) is 23.3 Å². The first-order chi connectivity index (χ1) is 11.6. The van der Waals surface area contributed by atoms with E-state index in [4.69, 9.17) is 28.9 Å². The van der Waals surface area contributed by atoms with Crippen LogP contribution in [0.25, 0.3) is 11.1 Å². The van der Waals surface area contributed by atoms with E-state index in [1.54, 1.807) is 12.1 Å². The Morgan fingerprint density at radius 3 is 2.21 bits per heavy atom. The number of rotatable bonds is 1. The summed E-state index contributed by atoms with van der Waals surface area (Å²) < 4.78 is 0. The van der Waals surface area contributed by atoms with Gasteiger partial charge in [-0.3, -0.25) is 0 Å². The molecule has 2 aromatic rings. The minimum absolute atomic E-state index is 0.252. The SMILES string of the molecule is N#Cc1c(N)c(C#N)c(-c2ccc(Cl)cc2Cl)c2c1CCCCC2. The van der Waals surface area contributed by atoms with E-state index in [-0.39, 0.29) is 5.69 Å². The van der Waals surface area contributed by atoms with Crippen molar-refractivity contribution in [1.29, 1.82) is 10.5 Å². The van der Waals surface area contributed by atoms with Crippen LogP contribution >= 0.6 is 23.2 Å². The molecule has 3 nitrogen and oxygen atoms in total. The molecule has 0 bridgehead atoms. The molecule has 120 valence electrons. The lowest BCUT2D eigenvalue weighted by Gasteiger charge is -2.19. The van der Waals surface area contributed by atoms with Crippen LogP contribution in [0.4, 0.5) is 5.69 Å². The highest BCUT2D eigenvalue weighted by molar-refractivity contribution is 6.36. The molecule has 0 radical (unpaired) electrons. The number of nitrogens with two attached hydrogens (primary N) is 1. The van der Waals surface area contributed by atoms with Crippen molar-refractivity contribution in [2.45, 2.75) is 32.1 Å². The second kappa shape index (κ2) is 6.73. The molecule has 1 aliphatic rings. The Kier molecular flexibility index (Phi) is 4.67.